The molecule has 7 heteroatoms. The lowest BCUT2D eigenvalue weighted by atomic mass is 9.90. The van der Waals surface area contributed by atoms with Crippen LogP contribution in [0.1, 0.15) is 49.5 Å². The Labute approximate surface area is 199 Å². The van der Waals surface area contributed by atoms with E-state index in [0.29, 0.717) is 28.8 Å². The molecule has 0 spiro atoms. The van der Waals surface area contributed by atoms with Gasteiger partial charge in [-0.3, -0.25) is 0 Å². The minimum absolute atomic E-state index is 0.269. The lowest BCUT2D eigenvalue weighted by molar-refractivity contribution is -0.231. The number of halogens is 1. The fourth-order valence-electron chi connectivity index (χ4n) is 4.87. The Balaban J connectivity index is 1.46. The normalized spacial score (nSPS) is 34.4. The van der Waals surface area contributed by atoms with Crippen LogP contribution in [-0.2, 0) is 11.2 Å². The Morgan fingerprint density at radius 2 is 1.61 bits per heavy atom. The first-order valence-electron chi connectivity index (χ1n) is 11.6. The lowest BCUT2D eigenvalue weighted by Crippen LogP contribution is -2.55. The molecule has 0 amide bonds. The molecule has 2 aliphatic rings. The van der Waals surface area contributed by atoms with E-state index < -0.39 is 37.1 Å². The number of hydrogen-bond donors (Lipinski definition) is 4. The fraction of sp³-hybridized carbons (Fsp3) is 0.538. The monoisotopic (exact) mass is 476 g/mol. The summed E-state index contributed by atoms with van der Waals surface area (Å²) >= 11 is 6.44. The third-order valence-electron chi connectivity index (χ3n) is 7.15. The average molecular weight is 477 g/mol. The van der Waals surface area contributed by atoms with E-state index >= 15 is 0 Å². The SMILES string of the molecule is C[C@@H]1C[C@H](Oc2ccc(Cc3cc(C4O[C@H](CO)[C@@H](O)[C@H](O)[C@H]4O)ccc3Cl)cc2)C[C@@H]1C. The molecular formula is C26H33ClO6. The standard InChI is InChI=1S/C26H33ClO6/c1-14-9-20(10-15(14)2)32-19-6-3-16(4-7-19)11-18-12-17(5-8-21(18)27)26-25(31)24(30)23(29)22(13-28)33-26/h3-8,12,14-15,20,22-26,28-31H,9-11,13H2,1-2H3/t14-,15+,20+,22-,23-,24+,25-,26?/m1/s1. The molecule has 1 aliphatic heterocycles. The highest BCUT2D eigenvalue weighted by molar-refractivity contribution is 6.31. The first-order chi connectivity index (χ1) is 15.8. The van der Waals surface area contributed by atoms with Crippen molar-refractivity contribution >= 4 is 11.6 Å². The highest BCUT2D eigenvalue weighted by Crippen LogP contribution is 2.35. The van der Waals surface area contributed by atoms with E-state index in [-0.39, 0.29) is 6.10 Å². The van der Waals surface area contributed by atoms with E-state index in [2.05, 4.69) is 13.8 Å². The van der Waals surface area contributed by atoms with Crippen molar-refractivity contribution in [2.75, 3.05) is 6.61 Å². The molecule has 0 aromatic heterocycles. The van der Waals surface area contributed by atoms with Gasteiger partial charge in [-0.15, -0.1) is 0 Å². The van der Waals surface area contributed by atoms with Gasteiger partial charge in [0.15, 0.2) is 0 Å². The topological polar surface area (TPSA) is 99.4 Å². The zero-order valence-corrected chi connectivity index (χ0v) is 19.7. The number of ether oxygens (including phenoxy) is 2. The number of hydrogen-bond acceptors (Lipinski definition) is 6. The first-order valence-corrected chi connectivity index (χ1v) is 12.0. The van der Waals surface area contributed by atoms with Gasteiger partial charge in [-0.05, 0) is 66.0 Å². The maximum atomic E-state index is 10.4. The zero-order chi connectivity index (χ0) is 23.7. The third kappa shape index (κ3) is 5.37. The molecule has 2 aromatic rings. The number of aliphatic hydroxyl groups excluding tert-OH is 4. The van der Waals surface area contributed by atoms with Gasteiger partial charge >= 0.3 is 0 Å². The van der Waals surface area contributed by atoms with Gasteiger partial charge in [0.05, 0.1) is 12.7 Å². The maximum Gasteiger partial charge on any atom is 0.119 e. The van der Waals surface area contributed by atoms with Gasteiger partial charge in [-0.2, -0.15) is 0 Å². The second kappa shape index (κ2) is 10.3. The minimum Gasteiger partial charge on any atom is -0.490 e. The van der Waals surface area contributed by atoms with Gasteiger partial charge in [0.1, 0.15) is 36.3 Å². The van der Waals surface area contributed by atoms with Crippen LogP contribution < -0.4 is 4.74 Å². The van der Waals surface area contributed by atoms with Gasteiger partial charge in [0.25, 0.3) is 0 Å². The van der Waals surface area contributed by atoms with Crippen molar-refractivity contribution < 1.29 is 29.9 Å². The predicted octanol–water partition coefficient (Wildman–Crippen LogP) is 3.26. The van der Waals surface area contributed by atoms with Gasteiger partial charge in [0, 0.05) is 5.02 Å². The molecular weight excluding hydrogens is 444 g/mol. The Bertz CT molecular complexity index is 923. The molecule has 0 radical (unpaired) electrons. The van der Waals surface area contributed by atoms with E-state index in [4.69, 9.17) is 21.1 Å². The zero-order valence-electron chi connectivity index (χ0n) is 19.0. The number of rotatable bonds is 6. The van der Waals surface area contributed by atoms with Gasteiger partial charge in [-0.25, -0.2) is 0 Å². The second-order valence-corrected chi connectivity index (χ2v) is 9.99. The Morgan fingerprint density at radius 3 is 2.24 bits per heavy atom. The summed E-state index contributed by atoms with van der Waals surface area (Å²) < 4.78 is 11.8. The molecule has 180 valence electrons. The van der Waals surface area contributed by atoms with Crippen LogP contribution in [-0.4, -0.2) is 57.6 Å². The average Bonchev–Trinajstić information content (AvgIpc) is 3.12. The highest BCUT2D eigenvalue weighted by atomic mass is 35.5. The van der Waals surface area contributed by atoms with Gasteiger partial charge in [0.2, 0.25) is 0 Å². The van der Waals surface area contributed by atoms with Crippen LogP contribution in [0.4, 0.5) is 0 Å². The van der Waals surface area contributed by atoms with Crippen molar-refractivity contribution in [2.24, 2.45) is 11.8 Å². The number of benzene rings is 2. The first kappa shape index (κ1) is 24.5. The lowest BCUT2D eigenvalue weighted by Gasteiger charge is -2.40. The molecule has 1 unspecified atom stereocenters. The van der Waals surface area contributed by atoms with Crippen LogP contribution in [0.15, 0.2) is 42.5 Å². The summed E-state index contributed by atoms with van der Waals surface area (Å²) in [5, 5.41) is 40.6. The van der Waals surface area contributed by atoms with E-state index in [1.54, 1.807) is 12.1 Å². The van der Waals surface area contributed by atoms with Crippen molar-refractivity contribution in [1.82, 2.24) is 0 Å². The molecule has 1 saturated heterocycles. The van der Waals surface area contributed by atoms with E-state index in [1.165, 1.54) is 0 Å². The van der Waals surface area contributed by atoms with Crippen LogP contribution >= 0.6 is 11.6 Å². The van der Waals surface area contributed by atoms with Crippen LogP contribution in [0.3, 0.4) is 0 Å². The van der Waals surface area contributed by atoms with Crippen molar-refractivity contribution in [3.05, 3.63) is 64.2 Å². The number of aliphatic hydroxyl groups is 4. The summed E-state index contributed by atoms with van der Waals surface area (Å²) in [4.78, 5) is 0. The smallest absolute Gasteiger partial charge is 0.119 e. The van der Waals surface area contributed by atoms with Gasteiger partial charge in [-0.1, -0.05) is 49.7 Å². The van der Waals surface area contributed by atoms with E-state index in [9.17, 15) is 20.4 Å². The Kier molecular flexibility index (Phi) is 7.63. The van der Waals surface area contributed by atoms with Crippen LogP contribution in [0.2, 0.25) is 5.02 Å². The summed E-state index contributed by atoms with van der Waals surface area (Å²) in [6, 6.07) is 13.3. The van der Waals surface area contributed by atoms with Crippen LogP contribution in [0.25, 0.3) is 0 Å². The van der Waals surface area contributed by atoms with E-state index in [1.807, 2.05) is 30.3 Å². The molecule has 0 bridgehead atoms. The molecule has 1 heterocycles. The molecule has 1 aliphatic carbocycles. The molecule has 1 saturated carbocycles. The molecule has 6 nitrogen and oxygen atoms in total. The summed E-state index contributed by atoms with van der Waals surface area (Å²) in [7, 11) is 0. The molecule has 4 rings (SSSR count). The molecule has 2 fully saturated rings. The van der Waals surface area contributed by atoms with Crippen LogP contribution in [0, 0.1) is 11.8 Å². The highest BCUT2D eigenvalue weighted by Gasteiger charge is 2.44. The Morgan fingerprint density at radius 1 is 0.939 bits per heavy atom. The molecule has 33 heavy (non-hydrogen) atoms. The second-order valence-electron chi connectivity index (χ2n) is 9.59. The van der Waals surface area contributed by atoms with Crippen molar-refractivity contribution in [2.45, 2.75) is 69.7 Å². The third-order valence-corrected chi connectivity index (χ3v) is 7.52. The molecule has 8 atom stereocenters. The van der Waals surface area contributed by atoms with Crippen molar-refractivity contribution in [1.29, 1.82) is 0 Å². The quantitative estimate of drug-likeness (QED) is 0.510. The summed E-state index contributed by atoms with van der Waals surface area (Å²) in [5.74, 6) is 2.24. The minimum atomic E-state index is -1.42. The summed E-state index contributed by atoms with van der Waals surface area (Å²) in [5.41, 5.74) is 2.53. The molecule has 2 aromatic carbocycles. The van der Waals surface area contributed by atoms with Gasteiger partial charge < -0.3 is 29.9 Å². The van der Waals surface area contributed by atoms with Crippen molar-refractivity contribution in [3.8, 4) is 5.75 Å². The van der Waals surface area contributed by atoms with Crippen LogP contribution in [0.5, 0.6) is 5.75 Å². The summed E-state index contributed by atoms with van der Waals surface area (Å²) in [6.07, 6.45) is -2.95. The Hall–Kier alpha value is -1.67. The molecule has 4 N–H and O–H groups in total. The summed E-state index contributed by atoms with van der Waals surface area (Å²) in [6.45, 7) is 4.09. The maximum absolute atomic E-state index is 10.4. The predicted molar refractivity (Wildman–Crippen MR) is 125 cm³/mol. The van der Waals surface area contributed by atoms with E-state index in [0.717, 1.165) is 29.7 Å². The fourth-order valence-corrected chi connectivity index (χ4v) is 5.05. The largest absolute Gasteiger partial charge is 0.490 e. The van der Waals surface area contributed by atoms with Crippen molar-refractivity contribution in [3.63, 3.8) is 0 Å².